The Morgan fingerprint density at radius 1 is 0.333 bits per heavy atom. The van der Waals surface area contributed by atoms with Gasteiger partial charge in [0.1, 0.15) is 11.2 Å². The number of hydrogen-bond donors (Lipinski definition) is 0. The predicted octanol–water partition coefficient (Wildman–Crippen LogP) is 15.1. The average molecular weight is 807 g/mol. The molecule has 6 heteroatoms. The van der Waals surface area contributed by atoms with Gasteiger partial charge in [-0.3, -0.25) is 0 Å². The summed E-state index contributed by atoms with van der Waals surface area (Å²) in [7, 11) is 0. The topological polar surface area (TPSA) is 69.9 Å². The number of pyridine rings is 3. The fourth-order valence-corrected chi connectivity index (χ4v) is 9.27. The molecule has 7 aromatic carbocycles. The van der Waals surface area contributed by atoms with Crippen LogP contribution in [0.25, 0.3) is 128 Å². The summed E-state index contributed by atoms with van der Waals surface area (Å²) in [4.78, 5) is 14.3. The van der Waals surface area contributed by atoms with Crippen LogP contribution in [-0.2, 0) is 0 Å². The van der Waals surface area contributed by atoms with Gasteiger partial charge in [0, 0.05) is 50.6 Å². The average Bonchev–Trinajstić information content (AvgIpc) is 4.03. The van der Waals surface area contributed by atoms with Crippen LogP contribution in [0.2, 0.25) is 0 Å². The van der Waals surface area contributed by atoms with Crippen molar-refractivity contribution in [3.63, 3.8) is 0 Å². The third kappa shape index (κ3) is 5.84. The van der Waals surface area contributed by atoms with Gasteiger partial charge in [-0.25, -0.2) is 15.0 Å². The van der Waals surface area contributed by atoms with E-state index in [1.165, 1.54) is 0 Å². The Balaban J connectivity index is 0.896. The number of aromatic nitrogens is 4. The minimum atomic E-state index is 0.656. The highest BCUT2D eigenvalue weighted by Gasteiger charge is 2.17. The van der Waals surface area contributed by atoms with E-state index < -0.39 is 0 Å². The molecule has 6 heterocycles. The van der Waals surface area contributed by atoms with Crippen LogP contribution in [0.4, 0.5) is 0 Å². The minimum absolute atomic E-state index is 0.656. The molecule has 0 aliphatic rings. The number of para-hydroxylation sites is 1. The fraction of sp³-hybridized carbons (Fsp3) is 0. The Morgan fingerprint density at radius 3 is 1.38 bits per heavy atom. The Kier molecular flexibility index (Phi) is 7.80. The Morgan fingerprint density at radius 2 is 0.810 bits per heavy atom. The first-order valence-corrected chi connectivity index (χ1v) is 21.1. The fourth-order valence-electron chi connectivity index (χ4n) is 9.27. The van der Waals surface area contributed by atoms with Gasteiger partial charge in [-0.15, -0.1) is 0 Å². The van der Waals surface area contributed by atoms with Gasteiger partial charge < -0.3 is 13.4 Å². The zero-order chi connectivity index (χ0) is 41.4. The molecular formula is C57H34N4O2. The normalized spacial score (nSPS) is 11.8. The second-order valence-electron chi connectivity index (χ2n) is 16.0. The molecule has 6 nitrogen and oxygen atoms in total. The molecule has 0 unspecified atom stereocenters. The number of benzene rings is 7. The van der Waals surface area contributed by atoms with Crippen molar-refractivity contribution in [3.8, 4) is 61.5 Å². The van der Waals surface area contributed by atoms with Crippen molar-refractivity contribution in [2.75, 3.05) is 0 Å². The van der Waals surface area contributed by atoms with E-state index in [1.54, 1.807) is 12.4 Å². The molecule has 0 saturated heterocycles. The maximum Gasteiger partial charge on any atom is 0.227 e. The van der Waals surface area contributed by atoms with Gasteiger partial charge in [-0.2, -0.15) is 0 Å². The molecule has 13 aromatic rings. The largest absolute Gasteiger partial charge is 0.438 e. The van der Waals surface area contributed by atoms with Gasteiger partial charge in [0.2, 0.25) is 11.4 Å². The lowest BCUT2D eigenvalue weighted by atomic mass is 9.96. The standard InChI is InChI=1S/C57H34N4O2/c1-2-15-44(16-3-1)61-51-23-19-40(36-10-5-12-38(30-36)42-21-26-54-48(33-42)46-18-8-28-59-57(46)63-54)34-49(51)55-52(61)24-22-50(60-55)43-14-6-13-39(31-43)35-9-4-11-37(29-35)41-20-25-53-47(32-41)45-17-7-27-58-56(45)62-53/h1-34H. The third-order valence-electron chi connectivity index (χ3n) is 12.3. The summed E-state index contributed by atoms with van der Waals surface area (Å²) < 4.78 is 14.4. The van der Waals surface area contributed by atoms with Gasteiger partial charge in [-0.1, -0.05) is 91.0 Å². The molecule has 0 fully saturated rings. The highest BCUT2D eigenvalue weighted by Crippen LogP contribution is 2.39. The van der Waals surface area contributed by atoms with E-state index in [2.05, 4.69) is 184 Å². The van der Waals surface area contributed by atoms with E-state index in [0.29, 0.717) is 11.4 Å². The highest BCUT2D eigenvalue weighted by atomic mass is 16.3. The lowest BCUT2D eigenvalue weighted by Crippen LogP contribution is -1.93. The summed E-state index contributed by atoms with van der Waals surface area (Å²) in [6, 6.07) is 68.6. The first kappa shape index (κ1) is 35.2. The van der Waals surface area contributed by atoms with Crippen LogP contribution >= 0.6 is 0 Å². The van der Waals surface area contributed by atoms with Gasteiger partial charge >= 0.3 is 0 Å². The van der Waals surface area contributed by atoms with E-state index in [9.17, 15) is 0 Å². The summed E-state index contributed by atoms with van der Waals surface area (Å²) in [5, 5.41) is 5.26. The molecule has 0 radical (unpaired) electrons. The van der Waals surface area contributed by atoms with Crippen LogP contribution in [0, 0.1) is 0 Å². The van der Waals surface area contributed by atoms with Crippen molar-refractivity contribution in [1.82, 2.24) is 19.5 Å². The maximum atomic E-state index is 6.02. The number of fused-ring (bicyclic) bond motifs is 9. The zero-order valence-electron chi connectivity index (χ0n) is 33.7. The van der Waals surface area contributed by atoms with Crippen molar-refractivity contribution in [1.29, 1.82) is 0 Å². The number of hydrogen-bond acceptors (Lipinski definition) is 5. The summed E-state index contributed by atoms with van der Waals surface area (Å²) in [6.45, 7) is 0. The Labute approximate surface area is 361 Å². The second-order valence-corrected chi connectivity index (χ2v) is 16.0. The smallest absolute Gasteiger partial charge is 0.227 e. The minimum Gasteiger partial charge on any atom is -0.438 e. The number of nitrogens with zero attached hydrogens (tertiary/aromatic N) is 4. The van der Waals surface area contributed by atoms with E-state index in [1.807, 2.05) is 24.3 Å². The van der Waals surface area contributed by atoms with Crippen LogP contribution in [0.15, 0.2) is 215 Å². The van der Waals surface area contributed by atoms with E-state index in [0.717, 1.165) is 116 Å². The lowest BCUT2D eigenvalue weighted by Gasteiger charge is -2.09. The van der Waals surface area contributed by atoms with Crippen molar-refractivity contribution in [2.24, 2.45) is 0 Å². The van der Waals surface area contributed by atoms with Crippen molar-refractivity contribution >= 4 is 66.1 Å². The molecule has 0 amide bonds. The molecule has 0 spiro atoms. The molecule has 6 aromatic heterocycles. The molecular weight excluding hydrogens is 773 g/mol. The maximum absolute atomic E-state index is 6.02. The van der Waals surface area contributed by atoms with E-state index in [-0.39, 0.29) is 0 Å². The van der Waals surface area contributed by atoms with Crippen LogP contribution in [-0.4, -0.2) is 19.5 Å². The molecule has 0 aliphatic heterocycles. The summed E-state index contributed by atoms with van der Waals surface area (Å²) >= 11 is 0. The molecule has 0 atom stereocenters. The molecule has 0 bridgehead atoms. The lowest BCUT2D eigenvalue weighted by molar-refractivity contribution is 0.653. The van der Waals surface area contributed by atoms with E-state index >= 15 is 0 Å². The SMILES string of the molecule is c1ccc(-n2c3ccc(-c4cccc(-c5ccc6oc7ncccc7c6c5)c4)cc3c3nc(-c4cccc(-c5cccc(-c6ccc7oc8ncccc8c7c6)c5)c4)ccc32)cc1. The third-order valence-corrected chi connectivity index (χ3v) is 12.3. The molecule has 63 heavy (non-hydrogen) atoms. The number of furan rings is 2. The Bertz CT molecular complexity index is 3930. The molecule has 294 valence electrons. The summed E-state index contributed by atoms with van der Waals surface area (Å²) in [5.74, 6) is 0. The zero-order valence-corrected chi connectivity index (χ0v) is 33.7. The van der Waals surface area contributed by atoms with E-state index in [4.69, 9.17) is 13.8 Å². The van der Waals surface area contributed by atoms with Crippen molar-refractivity contribution < 1.29 is 8.83 Å². The van der Waals surface area contributed by atoms with Gasteiger partial charge in [-0.05, 0) is 148 Å². The molecule has 13 rings (SSSR count). The highest BCUT2D eigenvalue weighted by molar-refractivity contribution is 6.10. The number of rotatable bonds is 6. The van der Waals surface area contributed by atoms with Crippen molar-refractivity contribution in [3.05, 3.63) is 207 Å². The van der Waals surface area contributed by atoms with Gasteiger partial charge in [0.15, 0.2) is 0 Å². The molecule has 0 saturated carbocycles. The summed E-state index contributed by atoms with van der Waals surface area (Å²) in [6.07, 6.45) is 3.53. The first-order chi connectivity index (χ1) is 31.2. The first-order valence-electron chi connectivity index (χ1n) is 21.1. The van der Waals surface area contributed by atoms with Gasteiger partial charge in [0.05, 0.1) is 22.2 Å². The van der Waals surface area contributed by atoms with Crippen LogP contribution in [0.1, 0.15) is 0 Å². The molecule has 0 aliphatic carbocycles. The monoisotopic (exact) mass is 806 g/mol. The van der Waals surface area contributed by atoms with Crippen LogP contribution in [0.5, 0.6) is 0 Å². The quantitative estimate of drug-likeness (QED) is 0.167. The Hall–Kier alpha value is -8.61. The van der Waals surface area contributed by atoms with Crippen molar-refractivity contribution in [2.45, 2.75) is 0 Å². The van der Waals surface area contributed by atoms with Gasteiger partial charge in [0.25, 0.3) is 0 Å². The van der Waals surface area contributed by atoms with Crippen LogP contribution < -0.4 is 0 Å². The second kappa shape index (κ2) is 14.0. The predicted molar refractivity (Wildman–Crippen MR) is 256 cm³/mol. The summed E-state index contributed by atoms with van der Waals surface area (Å²) in [5.41, 5.74) is 18.2. The van der Waals surface area contributed by atoms with Crippen LogP contribution in [0.3, 0.4) is 0 Å². The molecule has 0 N–H and O–H groups in total.